The number of ether oxygens (including phenoxy) is 2. The Balaban J connectivity index is 1.47. The van der Waals surface area contributed by atoms with Crippen molar-refractivity contribution in [2.45, 2.75) is 11.5 Å². The highest BCUT2D eigenvalue weighted by Gasteiger charge is 2.12. The van der Waals surface area contributed by atoms with Crippen molar-refractivity contribution in [3.8, 4) is 5.75 Å². The van der Waals surface area contributed by atoms with Gasteiger partial charge in [0.15, 0.2) is 6.61 Å². The second-order valence-electron chi connectivity index (χ2n) is 6.49. The van der Waals surface area contributed by atoms with Crippen molar-refractivity contribution in [1.29, 1.82) is 0 Å². The van der Waals surface area contributed by atoms with Crippen molar-refractivity contribution >= 4 is 27.6 Å². The van der Waals surface area contributed by atoms with Crippen molar-refractivity contribution < 1.29 is 27.5 Å². The molecule has 0 atom stereocenters. The predicted octanol–water partition coefficient (Wildman–Crippen LogP) is 2.71. The standard InChI is InChI=1S/C22H20N2O6S/c23-31(27,28)20-12-8-18(9-13-20)24-21(25)15-30-22(26)17-6-10-19(11-7-17)29-14-16-4-2-1-3-5-16/h1-13H,14-15H2,(H,24,25)(H2,23,27,28). The molecule has 0 aliphatic rings. The molecule has 0 heterocycles. The molecule has 0 aromatic heterocycles. The Labute approximate surface area is 179 Å². The van der Waals surface area contributed by atoms with E-state index in [1.165, 1.54) is 24.3 Å². The number of primary sulfonamides is 1. The van der Waals surface area contributed by atoms with Crippen LogP contribution >= 0.6 is 0 Å². The molecule has 3 rings (SSSR count). The van der Waals surface area contributed by atoms with E-state index in [1.54, 1.807) is 24.3 Å². The zero-order chi connectivity index (χ0) is 22.3. The van der Waals surface area contributed by atoms with Crippen LogP contribution < -0.4 is 15.2 Å². The van der Waals surface area contributed by atoms with E-state index in [-0.39, 0.29) is 10.5 Å². The molecule has 0 spiro atoms. The van der Waals surface area contributed by atoms with E-state index in [2.05, 4.69) is 5.32 Å². The molecule has 0 aliphatic carbocycles. The fourth-order valence-electron chi connectivity index (χ4n) is 2.57. The molecule has 0 bridgehead atoms. The van der Waals surface area contributed by atoms with Crippen molar-refractivity contribution in [1.82, 2.24) is 0 Å². The number of nitrogens with two attached hydrogens (primary N) is 1. The molecular formula is C22H20N2O6S. The number of esters is 1. The minimum absolute atomic E-state index is 0.0758. The number of amides is 1. The van der Waals surface area contributed by atoms with Gasteiger partial charge < -0.3 is 14.8 Å². The number of benzene rings is 3. The summed E-state index contributed by atoms with van der Waals surface area (Å²) in [7, 11) is -3.81. The third kappa shape index (κ3) is 6.66. The number of anilines is 1. The lowest BCUT2D eigenvalue weighted by Crippen LogP contribution is -2.21. The molecular weight excluding hydrogens is 420 g/mol. The van der Waals surface area contributed by atoms with Crippen LogP contribution in [0.5, 0.6) is 5.75 Å². The van der Waals surface area contributed by atoms with Gasteiger partial charge >= 0.3 is 5.97 Å². The first-order chi connectivity index (χ1) is 14.8. The molecule has 9 heteroatoms. The Morgan fingerprint density at radius 3 is 2.13 bits per heavy atom. The van der Waals surface area contributed by atoms with Crippen LogP contribution in [0.25, 0.3) is 0 Å². The Morgan fingerprint density at radius 1 is 0.871 bits per heavy atom. The average molecular weight is 440 g/mol. The summed E-state index contributed by atoms with van der Waals surface area (Å²) in [6.07, 6.45) is 0. The summed E-state index contributed by atoms with van der Waals surface area (Å²) in [5.41, 5.74) is 1.64. The summed E-state index contributed by atoms with van der Waals surface area (Å²) in [6, 6.07) is 21.3. The maximum Gasteiger partial charge on any atom is 0.338 e. The number of carbonyl (C=O) groups is 2. The molecule has 3 aromatic carbocycles. The zero-order valence-electron chi connectivity index (χ0n) is 16.4. The largest absolute Gasteiger partial charge is 0.489 e. The Morgan fingerprint density at radius 2 is 1.52 bits per heavy atom. The van der Waals surface area contributed by atoms with E-state index in [9.17, 15) is 18.0 Å². The van der Waals surface area contributed by atoms with Crippen LogP contribution in [0, 0.1) is 0 Å². The van der Waals surface area contributed by atoms with Crippen LogP contribution in [0.2, 0.25) is 0 Å². The number of carbonyl (C=O) groups excluding carboxylic acids is 2. The molecule has 1 amide bonds. The van der Waals surface area contributed by atoms with Gasteiger partial charge in [-0.1, -0.05) is 30.3 Å². The molecule has 160 valence electrons. The maximum atomic E-state index is 12.1. The van der Waals surface area contributed by atoms with Gasteiger partial charge in [0.25, 0.3) is 5.91 Å². The topological polar surface area (TPSA) is 125 Å². The predicted molar refractivity (Wildman–Crippen MR) is 114 cm³/mol. The molecule has 31 heavy (non-hydrogen) atoms. The monoisotopic (exact) mass is 440 g/mol. The van der Waals surface area contributed by atoms with Crippen LogP contribution in [-0.2, 0) is 26.2 Å². The van der Waals surface area contributed by atoms with Crippen LogP contribution in [0.1, 0.15) is 15.9 Å². The summed E-state index contributed by atoms with van der Waals surface area (Å²) in [4.78, 5) is 24.0. The van der Waals surface area contributed by atoms with Gasteiger partial charge in [-0.25, -0.2) is 18.4 Å². The number of nitrogens with one attached hydrogen (secondary N) is 1. The number of rotatable bonds is 8. The first-order valence-electron chi connectivity index (χ1n) is 9.18. The first-order valence-corrected chi connectivity index (χ1v) is 10.7. The van der Waals surface area contributed by atoms with Crippen LogP contribution in [0.15, 0.2) is 83.8 Å². The van der Waals surface area contributed by atoms with Gasteiger partial charge in [0.2, 0.25) is 10.0 Å². The van der Waals surface area contributed by atoms with E-state index in [1.807, 2.05) is 30.3 Å². The smallest absolute Gasteiger partial charge is 0.338 e. The minimum Gasteiger partial charge on any atom is -0.489 e. The summed E-state index contributed by atoms with van der Waals surface area (Å²) >= 11 is 0. The molecule has 0 fully saturated rings. The van der Waals surface area contributed by atoms with E-state index in [0.29, 0.717) is 18.0 Å². The van der Waals surface area contributed by atoms with Crippen molar-refractivity contribution in [2.75, 3.05) is 11.9 Å². The third-order valence-corrected chi connectivity index (χ3v) is 5.07. The Hall–Kier alpha value is -3.69. The van der Waals surface area contributed by atoms with E-state index in [0.717, 1.165) is 5.56 Å². The zero-order valence-corrected chi connectivity index (χ0v) is 17.2. The fourth-order valence-corrected chi connectivity index (χ4v) is 3.08. The molecule has 8 nitrogen and oxygen atoms in total. The highest BCUT2D eigenvalue weighted by molar-refractivity contribution is 7.89. The highest BCUT2D eigenvalue weighted by Crippen LogP contribution is 2.15. The van der Waals surface area contributed by atoms with Crippen LogP contribution in [0.4, 0.5) is 5.69 Å². The van der Waals surface area contributed by atoms with Crippen molar-refractivity contribution in [3.05, 3.63) is 90.0 Å². The van der Waals surface area contributed by atoms with E-state index >= 15 is 0 Å². The lowest BCUT2D eigenvalue weighted by atomic mass is 10.2. The third-order valence-electron chi connectivity index (χ3n) is 4.14. The fraction of sp³-hybridized carbons (Fsp3) is 0.0909. The number of hydrogen-bond acceptors (Lipinski definition) is 6. The normalized spacial score (nSPS) is 10.9. The average Bonchev–Trinajstić information content (AvgIpc) is 2.77. The Kier molecular flexibility index (Phi) is 7.01. The summed E-state index contributed by atoms with van der Waals surface area (Å²) in [5.74, 6) is -0.630. The molecule has 0 radical (unpaired) electrons. The molecule has 0 saturated heterocycles. The molecule has 0 saturated carbocycles. The molecule has 3 N–H and O–H groups in total. The first kappa shape index (κ1) is 22.0. The quantitative estimate of drug-likeness (QED) is 0.519. The summed E-state index contributed by atoms with van der Waals surface area (Å²) in [5, 5.41) is 7.51. The lowest BCUT2D eigenvalue weighted by molar-refractivity contribution is -0.119. The van der Waals surface area contributed by atoms with Gasteiger partial charge in [-0.05, 0) is 54.1 Å². The number of sulfonamides is 1. The maximum absolute atomic E-state index is 12.1. The Bertz CT molecular complexity index is 1140. The van der Waals surface area contributed by atoms with Gasteiger partial charge in [-0.2, -0.15) is 0 Å². The van der Waals surface area contributed by atoms with Gasteiger partial charge in [-0.15, -0.1) is 0 Å². The highest BCUT2D eigenvalue weighted by atomic mass is 32.2. The molecule has 0 aliphatic heterocycles. The van der Waals surface area contributed by atoms with Gasteiger partial charge in [0.05, 0.1) is 10.5 Å². The van der Waals surface area contributed by atoms with Gasteiger partial charge in [0.1, 0.15) is 12.4 Å². The molecule has 0 unspecified atom stereocenters. The lowest BCUT2D eigenvalue weighted by Gasteiger charge is -2.09. The van der Waals surface area contributed by atoms with Crippen molar-refractivity contribution in [2.24, 2.45) is 5.14 Å². The van der Waals surface area contributed by atoms with Crippen LogP contribution in [-0.4, -0.2) is 26.9 Å². The molecule has 3 aromatic rings. The van der Waals surface area contributed by atoms with Gasteiger partial charge in [-0.3, -0.25) is 4.79 Å². The van der Waals surface area contributed by atoms with E-state index < -0.39 is 28.5 Å². The summed E-state index contributed by atoms with van der Waals surface area (Å²) < 4.78 is 33.1. The van der Waals surface area contributed by atoms with Crippen molar-refractivity contribution in [3.63, 3.8) is 0 Å². The van der Waals surface area contributed by atoms with Crippen LogP contribution in [0.3, 0.4) is 0 Å². The minimum atomic E-state index is -3.81. The second-order valence-corrected chi connectivity index (χ2v) is 8.05. The number of hydrogen-bond donors (Lipinski definition) is 2. The second kappa shape index (κ2) is 9.88. The van der Waals surface area contributed by atoms with Gasteiger partial charge in [0, 0.05) is 5.69 Å². The summed E-state index contributed by atoms with van der Waals surface area (Å²) in [6.45, 7) is -0.0922. The SMILES string of the molecule is NS(=O)(=O)c1ccc(NC(=O)COC(=O)c2ccc(OCc3ccccc3)cc2)cc1. The van der Waals surface area contributed by atoms with E-state index in [4.69, 9.17) is 14.6 Å².